The van der Waals surface area contributed by atoms with Gasteiger partial charge in [-0.3, -0.25) is 4.79 Å². The largest absolute Gasteiger partial charge is 0.324 e. The van der Waals surface area contributed by atoms with Gasteiger partial charge in [-0.05, 0) is 37.4 Å². The highest BCUT2D eigenvalue weighted by Gasteiger charge is 2.15. The number of anilines is 1. The third kappa shape index (κ3) is 4.41. The van der Waals surface area contributed by atoms with E-state index in [-0.39, 0.29) is 5.91 Å². The minimum absolute atomic E-state index is 0.207. The molecule has 0 saturated carbocycles. The molecule has 0 aliphatic carbocycles. The van der Waals surface area contributed by atoms with Gasteiger partial charge in [0, 0.05) is 12.2 Å². The van der Waals surface area contributed by atoms with Gasteiger partial charge in [0.1, 0.15) is 6.04 Å². The van der Waals surface area contributed by atoms with Gasteiger partial charge in [0.15, 0.2) is 0 Å². The average molecular weight is 283 g/mol. The van der Waals surface area contributed by atoms with E-state index in [0.29, 0.717) is 0 Å². The quantitative estimate of drug-likeness (QED) is 0.886. The van der Waals surface area contributed by atoms with Crippen molar-refractivity contribution in [1.29, 1.82) is 0 Å². The van der Waals surface area contributed by atoms with Gasteiger partial charge in [0.05, 0.1) is 0 Å². The number of amides is 1. The molecule has 0 heterocycles. The zero-order valence-electron chi connectivity index (χ0n) is 12.4. The predicted molar refractivity (Wildman–Crippen MR) is 85.8 cm³/mol. The fourth-order valence-electron chi connectivity index (χ4n) is 2.09. The van der Waals surface area contributed by atoms with Crippen molar-refractivity contribution < 1.29 is 4.79 Å². The molecule has 1 unspecified atom stereocenters. The number of nitrogens with zero attached hydrogens (tertiary/aromatic N) is 1. The highest BCUT2D eigenvalue weighted by Crippen LogP contribution is 2.15. The Kier molecular flexibility index (Phi) is 5.09. The normalized spacial score (nSPS) is 12.2. The summed E-state index contributed by atoms with van der Waals surface area (Å²) in [7, 11) is 4.04. The molecule has 0 aromatic heterocycles. The van der Waals surface area contributed by atoms with Crippen LogP contribution in [0, 0.1) is 0 Å². The molecule has 0 aliphatic rings. The smallest absolute Gasteiger partial charge is 0.245 e. The van der Waals surface area contributed by atoms with Crippen LogP contribution >= 0.6 is 0 Å². The van der Waals surface area contributed by atoms with E-state index in [1.807, 2.05) is 68.7 Å². The van der Waals surface area contributed by atoms with Crippen LogP contribution in [0.2, 0.25) is 0 Å². The van der Waals surface area contributed by atoms with Crippen LogP contribution in [-0.2, 0) is 11.3 Å². The van der Waals surface area contributed by atoms with Crippen molar-refractivity contribution in [2.75, 3.05) is 19.4 Å². The van der Waals surface area contributed by atoms with Crippen LogP contribution in [0.1, 0.15) is 17.2 Å². The Bertz CT molecular complexity index is 579. The van der Waals surface area contributed by atoms with E-state index < -0.39 is 6.04 Å². The van der Waals surface area contributed by atoms with E-state index in [2.05, 4.69) is 10.2 Å². The molecule has 0 fully saturated rings. The van der Waals surface area contributed by atoms with Gasteiger partial charge < -0.3 is 16.0 Å². The number of nitrogens with one attached hydrogen (secondary N) is 1. The molecular formula is C17H21N3O. The van der Waals surface area contributed by atoms with Gasteiger partial charge >= 0.3 is 0 Å². The Morgan fingerprint density at radius 2 is 1.71 bits per heavy atom. The van der Waals surface area contributed by atoms with Crippen LogP contribution in [0.15, 0.2) is 54.6 Å². The van der Waals surface area contributed by atoms with E-state index in [1.165, 1.54) is 5.56 Å². The molecule has 110 valence electrons. The second-order valence-electron chi connectivity index (χ2n) is 5.31. The van der Waals surface area contributed by atoms with E-state index in [0.717, 1.165) is 17.8 Å². The molecule has 0 saturated heterocycles. The minimum Gasteiger partial charge on any atom is -0.324 e. The number of carbonyl (C=O) groups excluding carboxylic acids is 1. The molecule has 2 aromatic carbocycles. The second-order valence-corrected chi connectivity index (χ2v) is 5.31. The number of hydrogen-bond acceptors (Lipinski definition) is 3. The van der Waals surface area contributed by atoms with Gasteiger partial charge in [0.2, 0.25) is 5.91 Å². The topological polar surface area (TPSA) is 58.4 Å². The number of rotatable bonds is 5. The lowest BCUT2D eigenvalue weighted by atomic mass is 10.1. The lowest BCUT2D eigenvalue weighted by Gasteiger charge is -2.13. The molecule has 2 aromatic rings. The molecule has 4 nitrogen and oxygen atoms in total. The predicted octanol–water partition coefficient (Wildman–Crippen LogP) is 2.39. The number of benzene rings is 2. The van der Waals surface area contributed by atoms with E-state index >= 15 is 0 Å². The highest BCUT2D eigenvalue weighted by atomic mass is 16.2. The van der Waals surface area contributed by atoms with Crippen molar-refractivity contribution in [2.45, 2.75) is 12.6 Å². The summed E-state index contributed by atoms with van der Waals surface area (Å²) in [5.74, 6) is -0.207. The van der Waals surface area contributed by atoms with E-state index in [1.54, 1.807) is 0 Å². The summed E-state index contributed by atoms with van der Waals surface area (Å²) < 4.78 is 0. The van der Waals surface area contributed by atoms with Crippen LogP contribution in [0.25, 0.3) is 0 Å². The Balaban J connectivity index is 1.99. The van der Waals surface area contributed by atoms with Crippen molar-refractivity contribution >= 4 is 11.6 Å². The van der Waals surface area contributed by atoms with Gasteiger partial charge in [0.25, 0.3) is 0 Å². The fraction of sp³-hybridized carbons (Fsp3) is 0.235. The maximum Gasteiger partial charge on any atom is 0.245 e. The molecule has 21 heavy (non-hydrogen) atoms. The minimum atomic E-state index is -0.660. The zero-order chi connectivity index (χ0) is 15.2. The lowest BCUT2D eigenvalue weighted by molar-refractivity contribution is -0.117. The summed E-state index contributed by atoms with van der Waals surface area (Å²) in [4.78, 5) is 14.2. The molecule has 0 radical (unpaired) electrons. The number of carbonyl (C=O) groups is 1. The molecule has 0 aliphatic heterocycles. The molecule has 3 N–H and O–H groups in total. The van der Waals surface area contributed by atoms with Crippen LogP contribution in [0.5, 0.6) is 0 Å². The number of hydrogen-bond donors (Lipinski definition) is 2. The first-order valence-corrected chi connectivity index (χ1v) is 6.91. The first kappa shape index (κ1) is 15.2. The van der Waals surface area contributed by atoms with Crippen molar-refractivity contribution in [3.8, 4) is 0 Å². The number of nitrogens with two attached hydrogens (primary N) is 1. The van der Waals surface area contributed by atoms with Crippen LogP contribution in [0.3, 0.4) is 0 Å². The van der Waals surface area contributed by atoms with Crippen LogP contribution in [-0.4, -0.2) is 24.9 Å². The maximum absolute atomic E-state index is 12.1. The van der Waals surface area contributed by atoms with Gasteiger partial charge in [-0.25, -0.2) is 0 Å². The average Bonchev–Trinajstić information content (AvgIpc) is 2.49. The molecule has 0 spiro atoms. The molecule has 2 rings (SSSR count). The molecular weight excluding hydrogens is 262 g/mol. The summed E-state index contributed by atoms with van der Waals surface area (Å²) in [6.45, 7) is 0.873. The Morgan fingerprint density at radius 3 is 2.29 bits per heavy atom. The maximum atomic E-state index is 12.1. The summed E-state index contributed by atoms with van der Waals surface area (Å²) in [6.07, 6.45) is 0. The van der Waals surface area contributed by atoms with E-state index in [9.17, 15) is 4.79 Å². The summed E-state index contributed by atoms with van der Waals surface area (Å²) >= 11 is 0. The monoisotopic (exact) mass is 283 g/mol. The second kappa shape index (κ2) is 7.02. The third-order valence-electron chi connectivity index (χ3n) is 3.16. The Hall–Kier alpha value is -2.17. The first-order valence-electron chi connectivity index (χ1n) is 6.91. The zero-order valence-corrected chi connectivity index (χ0v) is 12.4. The van der Waals surface area contributed by atoms with Crippen LogP contribution < -0.4 is 11.1 Å². The molecule has 1 amide bonds. The summed E-state index contributed by atoms with van der Waals surface area (Å²) in [5.41, 5.74) is 8.73. The van der Waals surface area contributed by atoms with Gasteiger partial charge in [-0.15, -0.1) is 0 Å². The van der Waals surface area contributed by atoms with Gasteiger partial charge in [-0.1, -0.05) is 42.5 Å². The molecule has 0 bridgehead atoms. The van der Waals surface area contributed by atoms with Crippen molar-refractivity contribution in [3.05, 3.63) is 65.7 Å². The Labute approximate surface area is 125 Å². The molecule has 4 heteroatoms. The van der Waals surface area contributed by atoms with E-state index in [4.69, 9.17) is 5.73 Å². The van der Waals surface area contributed by atoms with Crippen molar-refractivity contribution in [3.63, 3.8) is 0 Å². The Morgan fingerprint density at radius 1 is 1.10 bits per heavy atom. The standard InChI is InChI=1S/C17H21N3O/c1-20(2)12-13-8-10-15(11-9-13)19-17(21)16(18)14-6-4-3-5-7-14/h3-11,16H,12,18H2,1-2H3,(H,19,21). The highest BCUT2D eigenvalue weighted by molar-refractivity contribution is 5.95. The summed E-state index contributed by atoms with van der Waals surface area (Å²) in [5, 5.41) is 2.84. The van der Waals surface area contributed by atoms with Gasteiger partial charge in [-0.2, -0.15) is 0 Å². The van der Waals surface area contributed by atoms with Crippen LogP contribution in [0.4, 0.5) is 5.69 Å². The fourth-order valence-corrected chi connectivity index (χ4v) is 2.09. The summed E-state index contributed by atoms with van der Waals surface area (Å²) in [6, 6.07) is 16.5. The molecule has 1 atom stereocenters. The first-order chi connectivity index (χ1) is 10.1. The SMILES string of the molecule is CN(C)Cc1ccc(NC(=O)C(N)c2ccccc2)cc1. The third-order valence-corrected chi connectivity index (χ3v) is 3.16. The van der Waals surface area contributed by atoms with Crippen molar-refractivity contribution in [1.82, 2.24) is 4.90 Å². The van der Waals surface area contributed by atoms with Crippen molar-refractivity contribution in [2.24, 2.45) is 5.73 Å². The lowest BCUT2D eigenvalue weighted by Crippen LogP contribution is -2.27.